The van der Waals surface area contributed by atoms with Gasteiger partial charge in [-0.25, -0.2) is 0 Å². The molecule has 0 N–H and O–H groups in total. The summed E-state index contributed by atoms with van der Waals surface area (Å²) in [4.78, 5) is 0. The predicted octanol–water partition coefficient (Wildman–Crippen LogP) is 5.02. The van der Waals surface area contributed by atoms with Crippen LogP contribution in [0.5, 0.6) is 0 Å². The number of hydrogen-bond donors (Lipinski definition) is 0. The van der Waals surface area contributed by atoms with Crippen LogP contribution >= 0.6 is 0 Å². The molecule has 0 bridgehead atoms. The zero-order valence-corrected chi connectivity index (χ0v) is 11.3. The average Bonchev–Trinajstić information content (AvgIpc) is 2.48. The van der Waals surface area contributed by atoms with Crippen molar-refractivity contribution in [2.24, 2.45) is 5.41 Å². The molecule has 0 heteroatoms. The maximum atomic E-state index is 2.40. The Balaban J connectivity index is 2.06. The summed E-state index contributed by atoms with van der Waals surface area (Å²) >= 11 is 0. The Bertz CT molecular complexity index is 654. The van der Waals surface area contributed by atoms with Crippen LogP contribution in [0.25, 0.3) is 5.57 Å². The van der Waals surface area contributed by atoms with Crippen molar-refractivity contribution < 1.29 is 0 Å². The summed E-state index contributed by atoms with van der Waals surface area (Å²) in [6, 6.07) is 8.92. The number of fused-ring (bicyclic) bond motifs is 5. The van der Waals surface area contributed by atoms with E-state index in [9.17, 15) is 0 Å². The molecule has 0 heterocycles. The molecular weight excluding hydrogens is 228 g/mol. The highest BCUT2D eigenvalue weighted by Crippen LogP contribution is 2.55. The Morgan fingerprint density at radius 1 is 1.16 bits per heavy atom. The lowest BCUT2D eigenvalue weighted by atomic mass is 9.59. The van der Waals surface area contributed by atoms with E-state index in [2.05, 4.69) is 67.6 Å². The van der Waals surface area contributed by atoms with Crippen LogP contribution in [-0.4, -0.2) is 0 Å². The van der Waals surface area contributed by atoms with Crippen molar-refractivity contribution in [1.82, 2.24) is 0 Å². The zero-order valence-electron chi connectivity index (χ0n) is 11.3. The van der Waals surface area contributed by atoms with Crippen molar-refractivity contribution in [2.45, 2.75) is 25.7 Å². The molecule has 0 saturated heterocycles. The van der Waals surface area contributed by atoms with Gasteiger partial charge in [0, 0.05) is 11.3 Å². The number of allylic oxidation sites excluding steroid dienone is 8. The Kier molecular flexibility index (Phi) is 2.23. The second kappa shape index (κ2) is 3.84. The summed E-state index contributed by atoms with van der Waals surface area (Å²) in [6.07, 6.45) is 16.2. The molecule has 3 aliphatic carbocycles. The van der Waals surface area contributed by atoms with Gasteiger partial charge in [0.25, 0.3) is 0 Å². The summed E-state index contributed by atoms with van der Waals surface area (Å²) < 4.78 is 0. The summed E-state index contributed by atoms with van der Waals surface area (Å²) in [5, 5.41) is 0. The van der Waals surface area contributed by atoms with E-state index in [1.54, 1.807) is 5.57 Å². The molecule has 3 aliphatic rings. The summed E-state index contributed by atoms with van der Waals surface area (Å²) in [5.41, 5.74) is 6.19. The molecule has 4 rings (SSSR count). The van der Waals surface area contributed by atoms with E-state index in [4.69, 9.17) is 0 Å². The second-order valence-electron chi connectivity index (χ2n) is 5.92. The van der Waals surface area contributed by atoms with Crippen molar-refractivity contribution in [2.75, 3.05) is 0 Å². The van der Waals surface area contributed by atoms with E-state index in [1.165, 1.54) is 29.5 Å². The van der Waals surface area contributed by atoms with Gasteiger partial charge < -0.3 is 0 Å². The van der Waals surface area contributed by atoms with Crippen LogP contribution in [0.2, 0.25) is 0 Å². The van der Waals surface area contributed by atoms with E-state index in [1.807, 2.05) is 0 Å². The van der Waals surface area contributed by atoms with Crippen LogP contribution in [0, 0.1) is 5.41 Å². The van der Waals surface area contributed by atoms with Crippen molar-refractivity contribution in [3.8, 4) is 0 Å². The van der Waals surface area contributed by atoms with Crippen LogP contribution < -0.4 is 0 Å². The monoisotopic (exact) mass is 246 g/mol. The maximum absolute atomic E-state index is 2.40. The highest BCUT2D eigenvalue weighted by atomic mass is 14.4. The first kappa shape index (κ1) is 11.0. The van der Waals surface area contributed by atoms with Gasteiger partial charge in [-0.1, -0.05) is 73.2 Å². The standard InChI is InChI=1S/C19H18/c1-19-13-7-6-12-18(19)15-9-3-2-8-14(15)16-10-4-5-11-17(16)19/h2-4,6-10,12-13,18H,5,11H2,1H3. The molecule has 0 nitrogen and oxygen atoms in total. The van der Waals surface area contributed by atoms with Gasteiger partial charge in [0.15, 0.2) is 0 Å². The minimum Gasteiger partial charge on any atom is -0.0836 e. The molecule has 0 aromatic heterocycles. The van der Waals surface area contributed by atoms with Crippen molar-refractivity contribution in [3.63, 3.8) is 0 Å². The van der Waals surface area contributed by atoms with Gasteiger partial charge >= 0.3 is 0 Å². The van der Waals surface area contributed by atoms with Gasteiger partial charge in [-0.2, -0.15) is 0 Å². The molecule has 19 heavy (non-hydrogen) atoms. The van der Waals surface area contributed by atoms with Crippen molar-refractivity contribution in [1.29, 1.82) is 0 Å². The number of hydrogen-bond acceptors (Lipinski definition) is 0. The summed E-state index contributed by atoms with van der Waals surface area (Å²) in [5.74, 6) is 0.499. The Morgan fingerprint density at radius 2 is 2.05 bits per heavy atom. The SMILES string of the molecule is CC12C=CC=CC1c1ccccc1C1=C2CCC=C1. The first-order chi connectivity index (χ1) is 9.31. The second-order valence-corrected chi connectivity index (χ2v) is 5.92. The highest BCUT2D eigenvalue weighted by Gasteiger charge is 2.42. The van der Waals surface area contributed by atoms with E-state index >= 15 is 0 Å². The summed E-state index contributed by atoms with van der Waals surface area (Å²) in [6.45, 7) is 2.40. The molecule has 0 amide bonds. The maximum Gasteiger partial charge on any atom is 0.0178 e. The highest BCUT2D eigenvalue weighted by molar-refractivity contribution is 5.84. The third kappa shape index (κ3) is 1.40. The quantitative estimate of drug-likeness (QED) is 0.603. The molecule has 0 aliphatic heterocycles. The first-order valence-corrected chi connectivity index (χ1v) is 7.16. The van der Waals surface area contributed by atoms with Crippen LogP contribution in [0.4, 0.5) is 0 Å². The molecule has 0 radical (unpaired) electrons. The fourth-order valence-corrected chi connectivity index (χ4v) is 3.94. The minimum absolute atomic E-state index is 0.170. The fourth-order valence-electron chi connectivity index (χ4n) is 3.94. The van der Waals surface area contributed by atoms with Crippen molar-refractivity contribution >= 4 is 5.57 Å². The topological polar surface area (TPSA) is 0 Å². The molecule has 0 fully saturated rings. The molecule has 0 saturated carbocycles. The normalized spacial score (nSPS) is 30.9. The number of benzene rings is 1. The van der Waals surface area contributed by atoms with Crippen LogP contribution in [-0.2, 0) is 0 Å². The third-order valence-electron chi connectivity index (χ3n) is 4.91. The zero-order chi connectivity index (χ0) is 12.9. The Labute approximate surface area is 114 Å². The predicted molar refractivity (Wildman–Crippen MR) is 80.9 cm³/mol. The van der Waals surface area contributed by atoms with Crippen molar-refractivity contribution in [3.05, 3.63) is 77.4 Å². The largest absolute Gasteiger partial charge is 0.0836 e. The average molecular weight is 246 g/mol. The molecule has 0 spiro atoms. The van der Waals surface area contributed by atoms with E-state index in [-0.39, 0.29) is 5.41 Å². The summed E-state index contributed by atoms with van der Waals surface area (Å²) in [7, 11) is 0. The molecule has 1 aromatic carbocycles. The van der Waals surface area contributed by atoms with E-state index < -0.39 is 0 Å². The molecule has 94 valence electrons. The fraction of sp³-hybridized carbons (Fsp3) is 0.263. The van der Waals surface area contributed by atoms with Gasteiger partial charge in [0.2, 0.25) is 0 Å². The van der Waals surface area contributed by atoms with E-state index in [0.29, 0.717) is 5.92 Å². The van der Waals surface area contributed by atoms with Crippen LogP contribution in [0.15, 0.2) is 66.3 Å². The lowest BCUT2D eigenvalue weighted by molar-refractivity contribution is 0.430. The lowest BCUT2D eigenvalue weighted by Crippen LogP contribution is -2.31. The molecule has 2 atom stereocenters. The number of rotatable bonds is 0. The minimum atomic E-state index is 0.170. The van der Waals surface area contributed by atoms with E-state index in [0.717, 1.165) is 0 Å². The molecular formula is C19H18. The van der Waals surface area contributed by atoms with Crippen LogP contribution in [0.1, 0.15) is 36.8 Å². The molecule has 1 aromatic rings. The Hall–Kier alpha value is -1.82. The third-order valence-corrected chi connectivity index (χ3v) is 4.91. The first-order valence-electron chi connectivity index (χ1n) is 7.16. The molecule has 2 unspecified atom stereocenters. The van der Waals surface area contributed by atoms with Gasteiger partial charge in [-0.05, 0) is 29.5 Å². The Morgan fingerprint density at radius 3 is 3.00 bits per heavy atom. The van der Waals surface area contributed by atoms with Gasteiger partial charge in [0.1, 0.15) is 0 Å². The smallest absolute Gasteiger partial charge is 0.0178 e. The lowest BCUT2D eigenvalue weighted by Gasteiger charge is -2.44. The van der Waals surface area contributed by atoms with Gasteiger partial charge in [-0.3, -0.25) is 0 Å². The van der Waals surface area contributed by atoms with Gasteiger partial charge in [0.05, 0.1) is 0 Å². The van der Waals surface area contributed by atoms with Crippen LogP contribution in [0.3, 0.4) is 0 Å². The van der Waals surface area contributed by atoms with Gasteiger partial charge in [-0.15, -0.1) is 0 Å².